The Kier molecular flexibility index (Phi) is 4.19. The van der Waals surface area contributed by atoms with Crippen molar-refractivity contribution in [1.82, 2.24) is 4.98 Å². The first-order chi connectivity index (χ1) is 13.1. The van der Waals surface area contributed by atoms with Crippen molar-refractivity contribution < 1.29 is 19.2 Å². The number of aromatic nitrogens is 1. The number of nitro groups is 1. The molecule has 0 N–H and O–H groups in total. The lowest BCUT2D eigenvalue weighted by atomic mass is 10.0. The largest absolute Gasteiger partial charge is 0.493 e. The van der Waals surface area contributed by atoms with Gasteiger partial charge in [-0.25, -0.2) is 4.79 Å². The van der Waals surface area contributed by atoms with Gasteiger partial charge in [0.25, 0.3) is 5.69 Å². The molecule has 1 aromatic heterocycles. The molecule has 7 nitrogen and oxygen atoms in total. The van der Waals surface area contributed by atoms with E-state index in [1.807, 2.05) is 24.3 Å². The van der Waals surface area contributed by atoms with Crippen molar-refractivity contribution in [3.05, 3.63) is 69.4 Å². The molecule has 0 bridgehead atoms. The van der Waals surface area contributed by atoms with E-state index >= 15 is 0 Å². The average Bonchev–Trinajstić information content (AvgIpc) is 3.13. The number of hydrogen-bond donors (Lipinski definition) is 0. The summed E-state index contributed by atoms with van der Waals surface area (Å²) in [4.78, 5) is 28.2. The zero-order valence-corrected chi connectivity index (χ0v) is 14.6. The molecule has 1 aliphatic rings. The molecule has 1 heterocycles. The lowest BCUT2D eigenvalue weighted by molar-refractivity contribution is -0.384. The van der Waals surface area contributed by atoms with Crippen molar-refractivity contribution in [2.75, 3.05) is 7.11 Å². The molecule has 1 aliphatic carbocycles. The second-order valence-corrected chi connectivity index (χ2v) is 6.26. The van der Waals surface area contributed by atoms with Gasteiger partial charge in [0.2, 0.25) is 0 Å². The molecule has 27 heavy (non-hydrogen) atoms. The van der Waals surface area contributed by atoms with Gasteiger partial charge in [0.15, 0.2) is 11.5 Å². The third-order valence-electron chi connectivity index (χ3n) is 4.68. The summed E-state index contributed by atoms with van der Waals surface area (Å²) in [6, 6.07) is 11.3. The van der Waals surface area contributed by atoms with E-state index in [9.17, 15) is 14.9 Å². The highest BCUT2D eigenvalue weighted by molar-refractivity contribution is 6.06. The average molecular weight is 364 g/mol. The van der Waals surface area contributed by atoms with Crippen molar-refractivity contribution in [2.45, 2.75) is 19.3 Å². The first-order valence-electron chi connectivity index (χ1n) is 8.53. The lowest BCUT2D eigenvalue weighted by Gasteiger charge is -2.13. The minimum Gasteiger partial charge on any atom is -0.493 e. The number of non-ortho nitro benzene ring substituents is 1. The number of carbonyl (C=O) groups is 1. The van der Waals surface area contributed by atoms with E-state index < -0.39 is 10.9 Å². The molecular formula is C20H16N2O5. The van der Waals surface area contributed by atoms with Crippen LogP contribution in [0.15, 0.2) is 42.5 Å². The second kappa shape index (κ2) is 6.68. The monoisotopic (exact) mass is 364 g/mol. The van der Waals surface area contributed by atoms with Crippen LogP contribution in [0.25, 0.3) is 10.9 Å². The first-order valence-corrected chi connectivity index (χ1v) is 8.53. The number of aryl methyl sites for hydroxylation is 1. The number of methoxy groups -OCH3 is 1. The number of benzene rings is 2. The Morgan fingerprint density at radius 1 is 1.15 bits per heavy atom. The summed E-state index contributed by atoms with van der Waals surface area (Å²) in [6.07, 6.45) is 2.50. The Hall–Kier alpha value is -3.48. The van der Waals surface area contributed by atoms with E-state index in [2.05, 4.69) is 4.98 Å². The smallest absolute Gasteiger partial charge is 0.344 e. The summed E-state index contributed by atoms with van der Waals surface area (Å²) in [6.45, 7) is 0. The number of rotatable bonds is 4. The van der Waals surface area contributed by atoms with Crippen LogP contribution < -0.4 is 9.47 Å². The molecule has 0 amide bonds. The molecule has 0 atom stereocenters. The molecule has 0 radical (unpaired) electrons. The molecule has 0 saturated carbocycles. The van der Waals surface area contributed by atoms with E-state index in [1.165, 1.54) is 25.3 Å². The maximum Gasteiger partial charge on any atom is 0.344 e. The van der Waals surface area contributed by atoms with Crippen LogP contribution in [0, 0.1) is 10.1 Å². The van der Waals surface area contributed by atoms with Gasteiger partial charge in [-0.1, -0.05) is 18.2 Å². The van der Waals surface area contributed by atoms with Gasteiger partial charge in [-0.05, 0) is 37.0 Å². The number of ether oxygens (including phenoxy) is 2. The zero-order valence-electron chi connectivity index (χ0n) is 14.6. The number of fused-ring (bicyclic) bond motifs is 2. The minimum atomic E-state index is -0.564. The Balaban J connectivity index is 1.81. The van der Waals surface area contributed by atoms with Crippen molar-refractivity contribution in [2.24, 2.45) is 0 Å². The summed E-state index contributed by atoms with van der Waals surface area (Å²) < 4.78 is 10.7. The van der Waals surface area contributed by atoms with Gasteiger partial charge in [0.05, 0.1) is 29.2 Å². The van der Waals surface area contributed by atoms with Crippen LogP contribution in [-0.4, -0.2) is 23.0 Å². The molecule has 0 spiro atoms. The van der Waals surface area contributed by atoms with Crippen molar-refractivity contribution in [3.63, 3.8) is 0 Å². The van der Waals surface area contributed by atoms with Crippen LogP contribution in [0.5, 0.6) is 11.5 Å². The van der Waals surface area contributed by atoms with Gasteiger partial charge in [0, 0.05) is 17.1 Å². The quantitative estimate of drug-likeness (QED) is 0.302. The number of pyridine rings is 1. The van der Waals surface area contributed by atoms with E-state index in [4.69, 9.17) is 9.47 Å². The molecule has 0 unspecified atom stereocenters. The summed E-state index contributed by atoms with van der Waals surface area (Å²) in [5.74, 6) is -0.293. The van der Waals surface area contributed by atoms with Crippen molar-refractivity contribution in [3.8, 4) is 11.5 Å². The van der Waals surface area contributed by atoms with Crippen molar-refractivity contribution >= 4 is 22.6 Å². The predicted molar refractivity (Wildman–Crippen MR) is 98.4 cm³/mol. The van der Waals surface area contributed by atoms with Crippen LogP contribution in [0.4, 0.5) is 5.69 Å². The highest BCUT2D eigenvalue weighted by Gasteiger charge is 2.26. The number of carbonyl (C=O) groups excluding carboxylic acids is 1. The molecule has 2 aromatic carbocycles. The standard InChI is InChI=1S/C20H16N2O5/c1-26-17-10-9-12(22(24)25)11-18(17)27-20(23)19-13-5-2-3-7-15(13)21-16-8-4-6-14(16)19/h2-3,5,7,9-11H,4,6,8H2,1H3. The Bertz CT molecular complexity index is 1080. The van der Waals surface area contributed by atoms with Gasteiger partial charge in [0.1, 0.15) is 0 Å². The molecule has 0 aliphatic heterocycles. The minimum absolute atomic E-state index is 0.0179. The number of hydrogen-bond acceptors (Lipinski definition) is 6. The maximum atomic E-state index is 13.1. The van der Waals surface area contributed by atoms with E-state index in [-0.39, 0.29) is 17.2 Å². The Morgan fingerprint density at radius 2 is 1.96 bits per heavy atom. The molecule has 0 fully saturated rings. The molecule has 0 saturated heterocycles. The van der Waals surface area contributed by atoms with Gasteiger partial charge in [-0.2, -0.15) is 0 Å². The van der Waals surface area contributed by atoms with Crippen LogP contribution in [-0.2, 0) is 12.8 Å². The van der Waals surface area contributed by atoms with Gasteiger partial charge < -0.3 is 9.47 Å². The fourth-order valence-electron chi connectivity index (χ4n) is 3.45. The van der Waals surface area contributed by atoms with Gasteiger partial charge in [-0.3, -0.25) is 15.1 Å². The summed E-state index contributed by atoms with van der Waals surface area (Å²) in [5.41, 5.74) is 2.83. The van der Waals surface area contributed by atoms with E-state index in [0.29, 0.717) is 10.9 Å². The zero-order chi connectivity index (χ0) is 19.0. The Labute approximate surface area is 154 Å². The predicted octanol–water partition coefficient (Wildman–Crippen LogP) is 3.86. The number of nitro benzene ring substituents is 1. The third kappa shape index (κ3) is 2.97. The summed E-state index contributed by atoms with van der Waals surface area (Å²) in [7, 11) is 1.41. The normalized spacial score (nSPS) is 12.6. The van der Waals surface area contributed by atoms with Crippen LogP contribution in [0.3, 0.4) is 0 Å². The highest BCUT2D eigenvalue weighted by atomic mass is 16.6. The number of para-hydroxylation sites is 1. The maximum absolute atomic E-state index is 13.1. The van der Waals surface area contributed by atoms with E-state index in [0.717, 1.165) is 36.0 Å². The number of esters is 1. The van der Waals surface area contributed by atoms with Gasteiger partial charge in [-0.15, -0.1) is 0 Å². The SMILES string of the molecule is COc1ccc([N+](=O)[O-])cc1OC(=O)c1c2c(nc3ccccc13)CCC2. The molecular weight excluding hydrogens is 348 g/mol. The summed E-state index contributed by atoms with van der Waals surface area (Å²) >= 11 is 0. The molecule has 3 aromatic rings. The third-order valence-corrected chi connectivity index (χ3v) is 4.68. The second-order valence-electron chi connectivity index (χ2n) is 6.26. The molecule has 4 rings (SSSR count). The fraction of sp³-hybridized carbons (Fsp3) is 0.200. The van der Waals surface area contributed by atoms with Crippen molar-refractivity contribution in [1.29, 1.82) is 0 Å². The highest BCUT2D eigenvalue weighted by Crippen LogP contribution is 2.34. The number of nitrogens with zero attached hydrogens (tertiary/aromatic N) is 2. The van der Waals surface area contributed by atoms with Gasteiger partial charge >= 0.3 is 5.97 Å². The topological polar surface area (TPSA) is 91.6 Å². The Morgan fingerprint density at radius 3 is 2.74 bits per heavy atom. The lowest BCUT2D eigenvalue weighted by Crippen LogP contribution is -2.14. The molecule has 136 valence electrons. The summed E-state index contributed by atoms with van der Waals surface area (Å²) in [5, 5.41) is 11.8. The fourth-order valence-corrected chi connectivity index (χ4v) is 3.45. The molecule has 7 heteroatoms. The van der Waals surface area contributed by atoms with Crippen LogP contribution in [0.2, 0.25) is 0 Å². The first kappa shape index (κ1) is 17.0. The van der Waals surface area contributed by atoms with Crippen LogP contribution in [0.1, 0.15) is 28.0 Å². The van der Waals surface area contributed by atoms with E-state index in [1.54, 1.807) is 0 Å². The van der Waals surface area contributed by atoms with Crippen LogP contribution >= 0.6 is 0 Å².